The zero-order chi connectivity index (χ0) is 22.2. The molecule has 0 radical (unpaired) electrons. The largest absolute Gasteiger partial charge is 0.382 e. The fraction of sp³-hybridized carbons (Fsp3) is 0.360. The first-order chi connectivity index (χ1) is 15.6. The van der Waals surface area contributed by atoms with Gasteiger partial charge in [0.15, 0.2) is 0 Å². The number of ether oxygens (including phenoxy) is 1. The predicted molar refractivity (Wildman–Crippen MR) is 124 cm³/mol. The average molecular weight is 452 g/mol. The summed E-state index contributed by atoms with van der Waals surface area (Å²) < 4.78 is 5.41. The fourth-order valence-corrected chi connectivity index (χ4v) is 5.13. The van der Waals surface area contributed by atoms with Crippen LogP contribution >= 0.6 is 11.6 Å². The molecule has 3 aromatic rings. The van der Waals surface area contributed by atoms with Crippen molar-refractivity contribution in [2.24, 2.45) is 0 Å². The number of rotatable bonds is 6. The van der Waals surface area contributed by atoms with Gasteiger partial charge in [0.1, 0.15) is 6.04 Å². The van der Waals surface area contributed by atoms with Crippen molar-refractivity contribution >= 4 is 34.3 Å². The van der Waals surface area contributed by atoms with Gasteiger partial charge in [-0.05, 0) is 42.7 Å². The number of hydrogen-bond donors (Lipinski definition) is 1. The molecule has 0 bridgehead atoms. The van der Waals surface area contributed by atoms with E-state index in [4.69, 9.17) is 16.3 Å². The number of hydrogen-bond acceptors (Lipinski definition) is 3. The van der Waals surface area contributed by atoms with E-state index in [-0.39, 0.29) is 24.4 Å². The number of H-pyrrole nitrogens is 1. The Labute approximate surface area is 192 Å². The van der Waals surface area contributed by atoms with E-state index in [1.807, 2.05) is 49.4 Å². The lowest BCUT2D eigenvalue weighted by Gasteiger charge is -2.47. The number of piperazine rings is 1. The monoisotopic (exact) mass is 451 g/mol. The Morgan fingerprint density at radius 1 is 1.12 bits per heavy atom. The summed E-state index contributed by atoms with van der Waals surface area (Å²) in [6, 6.07) is 14.8. The van der Waals surface area contributed by atoms with Crippen LogP contribution in [0.25, 0.3) is 10.9 Å². The number of para-hydroxylation sites is 1. The Kier molecular flexibility index (Phi) is 5.66. The van der Waals surface area contributed by atoms with Crippen LogP contribution in [-0.4, -0.2) is 58.9 Å². The predicted octanol–water partition coefficient (Wildman–Crippen LogP) is 3.93. The Morgan fingerprint density at radius 3 is 2.69 bits per heavy atom. The first kappa shape index (κ1) is 21.0. The molecule has 0 spiro atoms. The zero-order valence-corrected chi connectivity index (χ0v) is 18.8. The standard InChI is InChI=1S/C25H26ClN3O3/c1-2-32-13-5-12-28-15-22(30)29-21(25(28)31)14-19-18-6-3-4-7-20(18)27-23(19)24(29)16-8-10-17(26)11-9-16/h3-4,6-11,21,24,27H,2,5,12-15H2,1H3/t21-,24-/m0/s1. The van der Waals surface area contributed by atoms with E-state index in [0.717, 1.165) is 34.1 Å². The molecule has 1 saturated heterocycles. The number of nitrogens with one attached hydrogen (secondary N) is 1. The summed E-state index contributed by atoms with van der Waals surface area (Å²) in [7, 11) is 0. The molecule has 166 valence electrons. The molecule has 32 heavy (non-hydrogen) atoms. The Balaban J connectivity index is 1.56. The molecule has 0 unspecified atom stereocenters. The highest BCUT2D eigenvalue weighted by Crippen LogP contribution is 2.42. The van der Waals surface area contributed by atoms with Gasteiger partial charge in [-0.1, -0.05) is 41.9 Å². The summed E-state index contributed by atoms with van der Waals surface area (Å²) in [6.07, 6.45) is 1.23. The second kappa shape index (κ2) is 8.60. The van der Waals surface area contributed by atoms with Crippen LogP contribution in [0, 0.1) is 0 Å². The van der Waals surface area contributed by atoms with Crippen LogP contribution in [-0.2, 0) is 20.7 Å². The van der Waals surface area contributed by atoms with Gasteiger partial charge >= 0.3 is 0 Å². The first-order valence-electron chi connectivity index (χ1n) is 11.1. The molecule has 3 heterocycles. The normalized spacial score (nSPS) is 20.6. The Bertz CT molecular complexity index is 1160. The number of benzene rings is 2. The third kappa shape index (κ3) is 3.57. The highest BCUT2D eigenvalue weighted by atomic mass is 35.5. The highest BCUT2D eigenvalue weighted by molar-refractivity contribution is 6.30. The molecule has 0 saturated carbocycles. The lowest BCUT2D eigenvalue weighted by atomic mass is 9.86. The summed E-state index contributed by atoms with van der Waals surface area (Å²) in [4.78, 5) is 34.0. The summed E-state index contributed by atoms with van der Waals surface area (Å²) in [5.74, 6) is -0.0220. The van der Waals surface area contributed by atoms with E-state index in [1.54, 1.807) is 9.80 Å². The molecule has 6 nitrogen and oxygen atoms in total. The molecule has 2 amide bonds. The number of carbonyl (C=O) groups is 2. The van der Waals surface area contributed by atoms with Crippen molar-refractivity contribution in [3.8, 4) is 0 Å². The molecular weight excluding hydrogens is 426 g/mol. The van der Waals surface area contributed by atoms with Gasteiger partial charge in [-0.2, -0.15) is 0 Å². The molecular formula is C25H26ClN3O3. The number of amides is 2. The molecule has 2 aliphatic rings. The third-order valence-corrected chi connectivity index (χ3v) is 6.70. The molecule has 0 aliphatic carbocycles. The number of aromatic nitrogens is 1. The second-order valence-corrected chi connectivity index (χ2v) is 8.78. The second-order valence-electron chi connectivity index (χ2n) is 8.35. The minimum absolute atomic E-state index is 0.0102. The molecule has 1 fully saturated rings. The Morgan fingerprint density at radius 2 is 1.91 bits per heavy atom. The number of carbonyl (C=O) groups excluding carboxylic acids is 2. The molecule has 1 aromatic heterocycles. The van der Waals surface area contributed by atoms with Crippen LogP contribution in [0.2, 0.25) is 5.02 Å². The summed E-state index contributed by atoms with van der Waals surface area (Å²) >= 11 is 6.13. The van der Waals surface area contributed by atoms with Gasteiger partial charge in [-0.15, -0.1) is 0 Å². The van der Waals surface area contributed by atoms with Crippen LogP contribution in [0.3, 0.4) is 0 Å². The van der Waals surface area contributed by atoms with Gasteiger partial charge in [0.05, 0.1) is 12.6 Å². The van der Waals surface area contributed by atoms with Crippen LogP contribution in [0.4, 0.5) is 0 Å². The van der Waals surface area contributed by atoms with E-state index in [2.05, 4.69) is 11.1 Å². The van der Waals surface area contributed by atoms with Crippen molar-refractivity contribution in [3.05, 3.63) is 70.4 Å². The molecule has 1 N–H and O–H groups in total. The van der Waals surface area contributed by atoms with Crippen LogP contribution < -0.4 is 0 Å². The number of nitrogens with zero attached hydrogens (tertiary/aromatic N) is 2. The Hall–Kier alpha value is -2.83. The van der Waals surface area contributed by atoms with E-state index in [0.29, 0.717) is 31.2 Å². The van der Waals surface area contributed by atoms with E-state index in [1.165, 1.54) is 0 Å². The van der Waals surface area contributed by atoms with Crippen molar-refractivity contribution in [1.29, 1.82) is 0 Å². The van der Waals surface area contributed by atoms with Crippen molar-refractivity contribution in [3.63, 3.8) is 0 Å². The van der Waals surface area contributed by atoms with Crippen molar-refractivity contribution in [2.75, 3.05) is 26.3 Å². The highest BCUT2D eigenvalue weighted by Gasteiger charge is 2.48. The van der Waals surface area contributed by atoms with Gasteiger partial charge in [-0.3, -0.25) is 9.59 Å². The van der Waals surface area contributed by atoms with E-state index >= 15 is 0 Å². The first-order valence-corrected chi connectivity index (χ1v) is 11.5. The minimum atomic E-state index is -0.518. The zero-order valence-electron chi connectivity index (χ0n) is 18.0. The van der Waals surface area contributed by atoms with Crippen LogP contribution in [0.15, 0.2) is 48.5 Å². The average Bonchev–Trinajstić information content (AvgIpc) is 3.17. The molecule has 7 heteroatoms. The molecule has 2 atom stereocenters. The van der Waals surface area contributed by atoms with Crippen LogP contribution in [0.5, 0.6) is 0 Å². The summed E-state index contributed by atoms with van der Waals surface area (Å²) in [5, 5.41) is 1.74. The van der Waals surface area contributed by atoms with Crippen LogP contribution in [0.1, 0.15) is 36.2 Å². The summed E-state index contributed by atoms with van der Waals surface area (Å²) in [6.45, 7) is 3.81. The minimum Gasteiger partial charge on any atom is -0.382 e. The maximum atomic E-state index is 13.5. The van der Waals surface area contributed by atoms with Gasteiger partial charge in [0.2, 0.25) is 11.8 Å². The van der Waals surface area contributed by atoms with E-state index < -0.39 is 6.04 Å². The topological polar surface area (TPSA) is 65.6 Å². The lowest BCUT2D eigenvalue weighted by molar-refractivity contribution is -0.158. The number of aromatic amines is 1. The molecule has 2 aromatic carbocycles. The third-order valence-electron chi connectivity index (χ3n) is 6.45. The maximum Gasteiger partial charge on any atom is 0.246 e. The lowest BCUT2D eigenvalue weighted by Crippen LogP contribution is -2.63. The fourth-order valence-electron chi connectivity index (χ4n) is 5.01. The SMILES string of the molecule is CCOCCCN1CC(=O)N2[C@@H](c3ccc(Cl)cc3)c3[nH]c4ccccc4c3C[C@H]2C1=O. The van der Waals surface area contributed by atoms with Gasteiger partial charge < -0.3 is 19.5 Å². The maximum absolute atomic E-state index is 13.5. The van der Waals surface area contributed by atoms with Gasteiger partial charge in [0.25, 0.3) is 0 Å². The van der Waals surface area contributed by atoms with Gasteiger partial charge in [0, 0.05) is 47.8 Å². The summed E-state index contributed by atoms with van der Waals surface area (Å²) in [5.41, 5.74) is 4.05. The smallest absolute Gasteiger partial charge is 0.246 e. The molecule has 2 aliphatic heterocycles. The van der Waals surface area contributed by atoms with Crippen molar-refractivity contribution < 1.29 is 14.3 Å². The number of fused-ring (bicyclic) bond motifs is 4. The number of halogens is 1. The quantitative estimate of drug-likeness (QED) is 0.577. The van der Waals surface area contributed by atoms with Crippen molar-refractivity contribution in [1.82, 2.24) is 14.8 Å². The van der Waals surface area contributed by atoms with Gasteiger partial charge in [-0.25, -0.2) is 0 Å². The van der Waals surface area contributed by atoms with E-state index in [9.17, 15) is 9.59 Å². The molecule has 5 rings (SSSR count). The van der Waals surface area contributed by atoms with Crippen molar-refractivity contribution in [2.45, 2.75) is 31.8 Å².